The van der Waals surface area contributed by atoms with E-state index in [0.717, 1.165) is 24.3 Å². The highest BCUT2D eigenvalue weighted by atomic mass is 19.3. The number of benzene rings is 3. The summed E-state index contributed by atoms with van der Waals surface area (Å²) in [5.74, 6) is -6.56. The summed E-state index contributed by atoms with van der Waals surface area (Å²) in [4.78, 5) is 23.1. The number of ether oxygens (including phenoxy) is 3. The highest BCUT2D eigenvalue weighted by Gasteiger charge is 2.36. The average molecular weight is 500 g/mol. The van der Waals surface area contributed by atoms with Crippen LogP contribution in [0.15, 0.2) is 85.0 Å². The number of esters is 2. The topological polar surface area (TPSA) is 61.8 Å². The molecule has 0 bridgehead atoms. The van der Waals surface area contributed by atoms with Crippen LogP contribution in [0.4, 0.5) is 17.6 Å². The average Bonchev–Trinajstić information content (AvgIpc) is 2.84. The van der Waals surface area contributed by atoms with Crippen molar-refractivity contribution in [1.82, 2.24) is 0 Å². The van der Waals surface area contributed by atoms with Gasteiger partial charge in [-0.3, -0.25) is 0 Å². The Morgan fingerprint density at radius 2 is 1.14 bits per heavy atom. The normalized spacial score (nSPS) is 10.9. The fourth-order valence-corrected chi connectivity index (χ4v) is 2.82. The van der Waals surface area contributed by atoms with Crippen LogP contribution in [0.3, 0.4) is 0 Å². The van der Waals surface area contributed by atoms with Gasteiger partial charge in [-0.05, 0) is 61.4 Å². The Balaban J connectivity index is 1.75. The second kappa shape index (κ2) is 10.5. The Kier molecular flexibility index (Phi) is 7.62. The van der Waals surface area contributed by atoms with Crippen LogP contribution >= 0.6 is 0 Å². The molecule has 0 spiro atoms. The third kappa shape index (κ3) is 5.99. The molecule has 9 heteroatoms. The summed E-state index contributed by atoms with van der Waals surface area (Å²) in [7, 11) is 0. The van der Waals surface area contributed by atoms with E-state index in [1.165, 1.54) is 38.1 Å². The molecule has 36 heavy (non-hydrogen) atoms. The minimum absolute atomic E-state index is 0.0627. The molecule has 5 nitrogen and oxygen atoms in total. The van der Waals surface area contributed by atoms with Gasteiger partial charge in [0.1, 0.15) is 5.75 Å². The molecule has 3 aromatic rings. The summed E-state index contributed by atoms with van der Waals surface area (Å²) < 4.78 is 72.1. The van der Waals surface area contributed by atoms with Gasteiger partial charge in [-0.2, -0.15) is 17.6 Å². The van der Waals surface area contributed by atoms with Crippen molar-refractivity contribution >= 4 is 11.9 Å². The molecule has 0 aromatic heterocycles. The van der Waals surface area contributed by atoms with Crippen LogP contribution in [-0.2, 0) is 15.7 Å². The molecule has 0 saturated carbocycles. The molecule has 186 valence electrons. The van der Waals surface area contributed by atoms with E-state index in [4.69, 9.17) is 4.74 Å². The Labute approximate surface area is 204 Å². The molecule has 0 aliphatic rings. The number of hydrogen-bond donors (Lipinski definition) is 0. The molecule has 3 rings (SSSR count). The van der Waals surface area contributed by atoms with Gasteiger partial charge in [-0.25, -0.2) is 9.59 Å². The number of rotatable bonds is 8. The zero-order valence-corrected chi connectivity index (χ0v) is 19.2. The van der Waals surface area contributed by atoms with Gasteiger partial charge in [0.25, 0.3) is 0 Å². The lowest BCUT2D eigenvalue weighted by molar-refractivity contribution is -0.187. The van der Waals surface area contributed by atoms with E-state index < -0.39 is 46.7 Å². The van der Waals surface area contributed by atoms with E-state index in [-0.39, 0.29) is 16.9 Å². The first-order valence-electron chi connectivity index (χ1n) is 10.4. The molecule has 0 unspecified atom stereocenters. The summed E-state index contributed by atoms with van der Waals surface area (Å²) in [5.41, 5.74) is 0.771. The first-order chi connectivity index (χ1) is 16.9. The second-order valence-corrected chi connectivity index (χ2v) is 7.75. The van der Waals surface area contributed by atoms with E-state index >= 15 is 0 Å². The van der Waals surface area contributed by atoms with Gasteiger partial charge >= 0.3 is 18.0 Å². The predicted molar refractivity (Wildman–Crippen MR) is 124 cm³/mol. The molecule has 0 amide bonds. The van der Waals surface area contributed by atoms with Crippen LogP contribution in [0.2, 0.25) is 0 Å². The van der Waals surface area contributed by atoms with Crippen LogP contribution in [0.25, 0.3) is 11.1 Å². The smallest absolute Gasteiger partial charge is 0.426 e. The van der Waals surface area contributed by atoms with Gasteiger partial charge in [0.05, 0.1) is 5.56 Å². The molecule has 3 aromatic carbocycles. The highest BCUT2D eigenvalue weighted by Crippen LogP contribution is 2.36. The first kappa shape index (κ1) is 26.2. The third-order valence-corrected chi connectivity index (χ3v) is 4.77. The molecule has 0 aliphatic heterocycles. The third-order valence-electron chi connectivity index (χ3n) is 4.77. The van der Waals surface area contributed by atoms with E-state index in [1.54, 1.807) is 12.1 Å². The van der Waals surface area contributed by atoms with Gasteiger partial charge in [0.2, 0.25) is 11.6 Å². The zero-order valence-electron chi connectivity index (χ0n) is 19.2. The quantitative estimate of drug-likeness (QED) is 0.149. The Bertz CT molecular complexity index is 1330. The molecule has 0 radical (unpaired) electrons. The van der Waals surface area contributed by atoms with Crippen LogP contribution in [0.5, 0.6) is 17.2 Å². The number of halogens is 4. The maximum Gasteiger partial charge on any atom is 0.426 e. The number of carbonyl (C=O) groups is 2. The van der Waals surface area contributed by atoms with Crippen LogP contribution in [0, 0.1) is 11.6 Å². The van der Waals surface area contributed by atoms with Crippen molar-refractivity contribution in [2.75, 3.05) is 0 Å². The Morgan fingerprint density at radius 1 is 0.694 bits per heavy atom. The van der Waals surface area contributed by atoms with Crippen LogP contribution in [0.1, 0.15) is 19.4 Å². The maximum absolute atomic E-state index is 14.7. The van der Waals surface area contributed by atoms with Crippen molar-refractivity contribution in [2.45, 2.75) is 20.0 Å². The van der Waals surface area contributed by atoms with Gasteiger partial charge in [0, 0.05) is 11.1 Å². The number of hydrogen-bond acceptors (Lipinski definition) is 5. The largest absolute Gasteiger partial charge is 0.426 e. The van der Waals surface area contributed by atoms with Gasteiger partial charge < -0.3 is 14.2 Å². The van der Waals surface area contributed by atoms with Crippen molar-refractivity contribution in [3.05, 3.63) is 102 Å². The summed E-state index contributed by atoms with van der Waals surface area (Å²) in [6.45, 7) is 9.62. The van der Waals surface area contributed by atoms with E-state index in [0.29, 0.717) is 11.1 Å². The lowest BCUT2D eigenvalue weighted by Gasteiger charge is -2.19. The summed E-state index contributed by atoms with van der Waals surface area (Å²) >= 11 is 0. The minimum Gasteiger partial charge on any atom is -0.426 e. The van der Waals surface area contributed by atoms with E-state index in [1.807, 2.05) is 0 Å². The van der Waals surface area contributed by atoms with Crippen molar-refractivity contribution in [3.8, 4) is 28.4 Å². The second-order valence-electron chi connectivity index (χ2n) is 7.75. The van der Waals surface area contributed by atoms with Crippen molar-refractivity contribution < 1.29 is 41.4 Å². The first-order valence-corrected chi connectivity index (χ1v) is 10.4. The summed E-state index contributed by atoms with van der Waals surface area (Å²) in [6, 6.07) is 12.8. The van der Waals surface area contributed by atoms with E-state index in [9.17, 15) is 27.2 Å². The van der Waals surface area contributed by atoms with Crippen LogP contribution < -0.4 is 14.2 Å². The fraction of sp³-hybridized carbons (Fsp3) is 0.111. The van der Waals surface area contributed by atoms with Crippen LogP contribution in [-0.4, -0.2) is 11.9 Å². The van der Waals surface area contributed by atoms with Gasteiger partial charge in [0.15, 0.2) is 11.5 Å². The zero-order chi connectivity index (χ0) is 26.6. The van der Waals surface area contributed by atoms with E-state index in [2.05, 4.69) is 22.6 Å². The van der Waals surface area contributed by atoms with Crippen molar-refractivity contribution in [3.63, 3.8) is 0 Å². The number of carbonyl (C=O) groups excluding carboxylic acids is 2. The molecular weight excluding hydrogens is 480 g/mol. The summed E-state index contributed by atoms with van der Waals surface area (Å²) in [6.07, 6.45) is -4.01. The van der Waals surface area contributed by atoms with Crippen molar-refractivity contribution in [1.29, 1.82) is 0 Å². The molecule has 0 heterocycles. The molecule has 0 N–H and O–H groups in total. The van der Waals surface area contributed by atoms with Gasteiger partial charge in [-0.15, -0.1) is 0 Å². The Hall–Kier alpha value is -4.40. The lowest BCUT2D eigenvalue weighted by atomic mass is 10.0. The molecule has 0 fully saturated rings. The predicted octanol–water partition coefficient (Wildman–Crippen LogP) is 6.72. The molecule has 0 atom stereocenters. The minimum atomic E-state index is -4.01. The van der Waals surface area contributed by atoms with Gasteiger partial charge in [-0.1, -0.05) is 37.4 Å². The van der Waals surface area contributed by atoms with Crippen molar-refractivity contribution in [2.24, 2.45) is 0 Å². The number of alkyl halides is 2. The monoisotopic (exact) mass is 500 g/mol. The maximum atomic E-state index is 14.7. The standard InChI is InChI=1S/C27H20F4O5/c1-15(2)25(32)34-20-11-7-18(8-12-20)17-5-9-19(10-6-17)27(30,31)36-22-14-13-21(23(28)24(22)29)35-26(33)16(3)4/h5-14H,1,3H2,2,4H3. The molecule has 0 saturated heterocycles. The SMILES string of the molecule is C=C(C)C(=O)Oc1ccc(-c2ccc(C(F)(F)Oc3ccc(OC(=O)C(=C)C)c(F)c3F)cc2)cc1. The fourth-order valence-electron chi connectivity index (χ4n) is 2.82. The molecule has 0 aliphatic carbocycles. The Morgan fingerprint density at radius 3 is 1.67 bits per heavy atom. The molecular formula is C27H20F4O5. The lowest BCUT2D eigenvalue weighted by Crippen LogP contribution is -2.22. The summed E-state index contributed by atoms with van der Waals surface area (Å²) in [5, 5.41) is 0. The highest BCUT2D eigenvalue weighted by molar-refractivity contribution is 5.89.